The minimum absolute atomic E-state index is 0.630. The normalized spacial score (nSPS) is 41.9. The summed E-state index contributed by atoms with van der Waals surface area (Å²) >= 11 is 0. The number of nitrogens with one attached hydrogen (secondary N) is 1. The molecule has 0 amide bonds. The van der Waals surface area contributed by atoms with Crippen molar-refractivity contribution in [1.29, 1.82) is 0 Å². The van der Waals surface area contributed by atoms with Crippen LogP contribution < -0.4 is 5.32 Å². The fourth-order valence-corrected chi connectivity index (χ4v) is 4.77. The molecule has 0 aliphatic heterocycles. The van der Waals surface area contributed by atoms with Crippen LogP contribution in [-0.4, -0.2) is 12.1 Å². The van der Waals surface area contributed by atoms with E-state index in [0.29, 0.717) is 6.04 Å². The highest BCUT2D eigenvalue weighted by Crippen LogP contribution is 2.65. The first kappa shape index (κ1) is 11.1. The summed E-state index contributed by atoms with van der Waals surface area (Å²) in [5.41, 5.74) is 0. The Bertz CT molecular complexity index is 397. The molecule has 1 aromatic rings. The SMILES string of the molecule is CC(CCc1ccco1)NC1C2C3CCC(C3)C12. The number of aryl methyl sites for hydroxylation is 1. The molecular weight excluding hydrogens is 222 g/mol. The van der Waals surface area contributed by atoms with Crippen LogP contribution in [0.4, 0.5) is 0 Å². The van der Waals surface area contributed by atoms with E-state index in [9.17, 15) is 0 Å². The van der Waals surface area contributed by atoms with E-state index in [1.807, 2.05) is 6.07 Å². The molecule has 18 heavy (non-hydrogen) atoms. The Kier molecular flexibility index (Phi) is 2.54. The van der Waals surface area contributed by atoms with Gasteiger partial charge in [0.2, 0.25) is 0 Å². The summed E-state index contributed by atoms with van der Waals surface area (Å²) in [7, 11) is 0. The first-order chi connectivity index (χ1) is 8.83. The van der Waals surface area contributed by atoms with Crippen molar-refractivity contribution in [3.63, 3.8) is 0 Å². The van der Waals surface area contributed by atoms with Crippen LogP contribution in [0, 0.1) is 23.7 Å². The lowest BCUT2D eigenvalue weighted by atomic mass is 10.0. The molecule has 1 aromatic heterocycles. The Balaban J connectivity index is 1.26. The van der Waals surface area contributed by atoms with E-state index in [1.54, 1.807) is 12.7 Å². The van der Waals surface area contributed by atoms with Crippen LogP contribution in [0.2, 0.25) is 0 Å². The molecule has 98 valence electrons. The molecular formula is C16H23NO. The van der Waals surface area contributed by atoms with Gasteiger partial charge in [-0.3, -0.25) is 0 Å². The fraction of sp³-hybridized carbons (Fsp3) is 0.750. The van der Waals surface area contributed by atoms with Gasteiger partial charge in [0.15, 0.2) is 0 Å². The summed E-state index contributed by atoms with van der Waals surface area (Å²) in [5, 5.41) is 3.88. The predicted octanol–water partition coefficient (Wildman–Crippen LogP) is 3.23. The number of furan rings is 1. The Morgan fingerprint density at radius 2 is 2.11 bits per heavy atom. The summed E-state index contributed by atoms with van der Waals surface area (Å²) in [6, 6.07) is 5.56. The van der Waals surface area contributed by atoms with Crippen LogP contribution in [0.3, 0.4) is 0 Å². The molecule has 3 aliphatic carbocycles. The Morgan fingerprint density at radius 3 is 2.78 bits per heavy atom. The molecule has 0 radical (unpaired) electrons. The Labute approximate surface area is 109 Å². The predicted molar refractivity (Wildman–Crippen MR) is 71.2 cm³/mol. The molecule has 5 unspecified atom stereocenters. The van der Waals surface area contributed by atoms with Gasteiger partial charge in [-0.15, -0.1) is 0 Å². The molecule has 4 rings (SSSR count). The van der Waals surface area contributed by atoms with Crippen molar-refractivity contribution in [1.82, 2.24) is 5.32 Å². The first-order valence-electron chi connectivity index (χ1n) is 7.61. The van der Waals surface area contributed by atoms with Crippen LogP contribution >= 0.6 is 0 Å². The third kappa shape index (κ3) is 1.73. The molecule has 3 aliphatic rings. The molecule has 2 bridgehead atoms. The van der Waals surface area contributed by atoms with Crippen LogP contribution in [0.15, 0.2) is 22.8 Å². The lowest BCUT2D eigenvalue weighted by Gasteiger charge is -2.16. The summed E-state index contributed by atoms with van der Waals surface area (Å²) in [6.07, 6.45) is 8.62. The zero-order valence-electron chi connectivity index (χ0n) is 11.1. The Hall–Kier alpha value is -0.760. The minimum atomic E-state index is 0.630. The third-order valence-electron chi connectivity index (χ3n) is 5.62. The van der Waals surface area contributed by atoms with Crippen molar-refractivity contribution in [3.8, 4) is 0 Å². The van der Waals surface area contributed by atoms with E-state index >= 15 is 0 Å². The van der Waals surface area contributed by atoms with Gasteiger partial charge in [-0.05, 0) is 68.4 Å². The third-order valence-corrected chi connectivity index (χ3v) is 5.62. The van der Waals surface area contributed by atoms with Gasteiger partial charge < -0.3 is 9.73 Å². The van der Waals surface area contributed by atoms with Crippen molar-refractivity contribution in [2.24, 2.45) is 23.7 Å². The molecule has 3 saturated carbocycles. The van der Waals surface area contributed by atoms with Crippen molar-refractivity contribution in [2.45, 2.75) is 51.1 Å². The molecule has 0 aromatic carbocycles. The van der Waals surface area contributed by atoms with Gasteiger partial charge in [-0.2, -0.15) is 0 Å². The van der Waals surface area contributed by atoms with E-state index in [0.717, 1.165) is 41.9 Å². The lowest BCUT2D eigenvalue weighted by molar-refractivity contribution is 0.406. The average molecular weight is 245 g/mol. The molecule has 5 atom stereocenters. The molecule has 1 N–H and O–H groups in total. The molecule has 0 saturated heterocycles. The smallest absolute Gasteiger partial charge is 0.103 e. The largest absolute Gasteiger partial charge is 0.469 e. The van der Waals surface area contributed by atoms with Crippen molar-refractivity contribution < 1.29 is 4.42 Å². The van der Waals surface area contributed by atoms with Gasteiger partial charge in [0.1, 0.15) is 5.76 Å². The van der Waals surface area contributed by atoms with Crippen LogP contribution in [0.5, 0.6) is 0 Å². The van der Waals surface area contributed by atoms with E-state index < -0.39 is 0 Å². The highest BCUT2D eigenvalue weighted by Gasteiger charge is 2.64. The maximum absolute atomic E-state index is 5.40. The second kappa shape index (κ2) is 4.12. The van der Waals surface area contributed by atoms with Gasteiger partial charge in [0.05, 0.1) is 6.26 Å². The summed E-state index contributed by atoms with van der Waals surface area (Å²) in [6.45, 7) is 2.33. The Morgan fingerprint density at radius 1 is 1.33 bits per heavy atom. The summed E-state index contributed by atoms with van der Waals surface area (Å²) in [5.74, 6) is 5.38. The molecule has 1 heterocycles. The van der Waals surface area contributed by atoms with Gasteiger partial charge in [-0.1, -0.05) is 0 Å². The van der Waals surface area contributed by atoms with E-state index in [4.69, 9.17) is 4.42 Å². The van der Waals surface area contributed by atoms with Crippen LogP contribution in [0.1, 0.15) is 38.4 Å². The molecule has 2 nitrogen and oxygen atoms in total. The van der Waals surface area contributed by atoms with E-state index in [1.165, 1.54) is 19.3 Å². The average Bonchev–Trinajstić information content (AvgIpc) is 2.88. The maximum atomic E-state index is 5.40. The molecule has 3 fully saturated rings. The summed E-state index contributed by atoms with van der Waals surface area (Å²) in [4.78, 5) is 0. The molecule has 2 heteroatoms. The number of hydrogen-bond acceptors (Lipinski definition) is 2. The summed E-state index contributed by atoms with van der Waals surface area (Å²) < 4.78 is 5.40. The fourth-order valence-electron chi connectivity index (χ4n) is 4.77. The highest BCUT2D eigenvalue weighted by atomic mass is 16.3. The quantitative estimate of drug-likeness (QED) is 0.861. The highest BCUT2D eigenvalue weighted by molar-refractivity contribution is 5.17. The zero-order chi connectivity index (χ0) is 12.1. The zero-order valence-corrected chi connectivity index (χ0v) is 11.1. The van der Waals surface area contributed by atoms with E-state index in [2.05, 4.69) is 18.3 Å². The van der Waals surface area contributed by atoms with Gasteiger partial charge in [0, 0.05) is 18.5 Å². The standard InChI is InChI=1S/C16H23NO/c1-10(4-7-13-3-2-8-18-13)17-16-14-11-5-6-12(9-11)15(14)16/h2-3,8,10-12,14-17H,4-7,9H2,1H3. The van der Waals surface area contributed by atoms with Crippen molar-refractivity contribution in [3.05, 3.63) is 24.2 Å². The van der Waals surface area contributed by atoms with Crippen molar-refractivity contribution in [2.75, 3.05) is 0 Å². The number of fused-ring (bicyclic) bond motifs is 5. The molecule has 0 spiro atoms. The first-order valence-corrected chi connectivity index (χ1v) is 7.61. The van der Waals surface area contributed by atoms with Crippen molar-refractivity contribution >= 4 is 0 Å². The second-order valence-electron chi connectivity index (χ2n) is 6.70. The topological polar surface area (TPSA) is 25.2 Å². The minimum Gasteiger partial charge on any atom is -0.469 e. The van der Waals surface area contributed by atoms with Gasteiger partial charge >= 0.3 is 0 Å². The van der Waals surface area contributed by atoms with Crippen LogP contribution in [0.25, 0.3) is 0 Å². The van der Waals surface area contributed by atoms with Gasteiger partial charge in [-0.25, -0.2) is 0 Å². The second-order valence-corrected chi connectivity index (χ2v) is 6.70. The van der Waals surface area contributed by atoms with Crippen LogP contribution in [-0.2, 0) is 6.42 Å². The monoisotopic (exact) mass is 245 g/mol. The van der Waals surface area contributed by atoms with Gasteiger partial charge in [0.25, 0.3) is 0 Å². The number of rotatable bonds is 5. The number of hydrogen-bond donors (Lipinski definition) is 1. The lowest BCUT2D eigenvalue weighted by Crippen LogP contribution is -2.32. The van der Waals surface area contributed by atoms with E-state index in [-0.39, 0.29) is 0 Å². The maximum Gasteiger partial charge on any atom is 0.103 e.